The topological polar surface area (TPSA) is 80.0 Å². The molecule has 2 atom stereocenters. The van der Waals surface area contributed by atoms with Crippen molar-refractivity contribution in [1.29, 1.82) is 0 Å². The van der Waals surface area contributed by atoms with E-state index in [1.54, 1.807) is 0 Å². The molecule has 1 aliphatic heterocycles. The average Bonchev–Trinajstić information content (AvgIpc) is 2.97. The van der Waals surface area contributed by atoms with E-state index in [2.05, 4.69) is 10.3 Å². The molecule has 2 rings (SSSR count). The highest BCUT2D eigenvalue weighted by atomic mass is 127. The zero-order valence-electron chi connectivity index (χ0n) is 13.6. The molecular weight excluding hydrogens is 407 g/mol. The fourth-order valence-electron chi connectivity index (χ4n) is 2.38. The minimum Gasteiger partial charge on any atom is -0.367 e. The Kier molecular flexibility index (Phi) is 8.32. The van der Waals surface area contributed by atoms with E-state index in [1.165, 1.54) is 0 Å². The second kappa shape index (κ2) is 9.71. The van der Waals surface area contributed by atoms with Crippen LogP contribution in [0.5, 0.6) is 0 Å². The van der Waals surface area contributed by atoms with E-state index in [-0.39, 0.29) is 36.0 Å². The van der Waals surface area contributed by atoms with Crippen LogP contribution in [-0.4, -0.2) is 49.6 Å². The number of hydrogen-bond acceptors (Lipinski definition) is 3. The van der Waals surface area contributed by atoms with Gasteiger partial charge in [0.2, 0.25) is 5.91 Å². The van der Waals surface area contributed by atoms with Gasteiger partial charge in [0.1, 0.15) is 6.10 Å². The number of guanidine groups is 1. The summed E-state index contributed by atoms with van der Waals surface area (Å²) < 4.78 is 5.61. The van der Waals surface area contributed by atoms with E-state index in [0.29, 0.717) is 19.5 Å². The van der Waals surface area contributed by atoms with Crippen LogP contribution in [0.2, 0.25) is 0 Å². The van der Waals surface area contributed by atoms with E-state index >= 15 is 0 Å². The van der Waals surface area contributed by atoms with Crippen molar-refractivity contribution in [2.24, 2.45) is 10.7 Å². The maximum atomic E-state index is 11.1. The van der Waals surface area contributed by atoms with Crippen LogP contribution in [0.4, 0.5) is 0 Å². The van der Waals surface area contributed by atoms with Crippen LogP contribution < -0.4 is 11.1 Å². The molecule has 128 valence electrons. The summed E-state index contributed by atoms with van der Waals surface area (Å²) in [5.74, 6) is 0.419. The van der Waals surface area contributed by atoms with Gasteiger partial charge in [-0.15, -0.1) is 24.0 Å². The van der Waals surface area contributed by atoms with Gasteiger partial charge in [0.25, 0.3) is 0 Å². The van der Waals surface area contributed by atoms with Gasteiger partial charge in [0, 0.05) is 20.6 Å². The van der Waals surface area contributed by atoms with Gasteiger partial charge < -0.3 is 20.7 Å². The summed E-state index contributed by atoms with van der Waals surface area (Å²) in [6, 6.07) is 10.1. The number of aliphatic imine (C=N–C) groups is 1. The van der Waals surface area contributed by atoms with Crippen LogP contribution in [0.1, 0.15) is 18.4 Å². The van der Waals surface area contributed by atoms with E-state index in [0.717, 1.165) is 17.9 Å². The molecule has 0 bridgehead atoms. The Hall–Kier alpha value is -1.35. The van der Waals surface area contributed by atoms with Gasteiger partial charge in [-0.3, -0.25) is 4.79 Å². The number of carbonyl (C=O) groups excluding carboxylic acids is 1. The Morgan fingerprint density at radius 2 is 2.04 bits per heavy atom. The number of benzene rings is 1. The van der Waals surface area contributed by atoms with Gasteiger partial charge in [-0.05, 0) is 18.4 Å². The van der Waals surface area contributed by atoms with Crippen molar-refractivity contribution in [3.63, 3.8) is 0 Å². The summed E-state index contributed by atoms with van der Waals surface area (Å²) >= 11 is 0. The van der Waals surface area contributed by atoms with Crippen LogP contribution in [0.15, 0.2) is 35.3 Å². The van der Waals surface area contributed by atoms with Crippen LogP contribution >= 0.6 is 24.0 Å². The summed E-state index contributed by atoms with van der Waals surface area (Å²) in [6.07, 6.45) is 1.08. The SMILES string of the molecule is CN(C)C(=NCc1ccccc1)NCC1CCC(C(N)=O)O1.I. The maximum Gasteiger partial charge on any atom is 0.246 e. The molecule has 1 saturated heterocycles. The Morgan fingerprint density at radius 1 is 1.35 bits per heavy atom. The van der Waals surface area contributed by atoms with Gasteiger partial charge in [-0.2, -0.15) is 0 Å². The molecule has 0 aromatic heterocycles. The standard InChI is InChI=1S/C16H24N4O2.HI/c1-20(2)16(18-10-12-6-4-3-5-7-12)19-11-13-8-9-14(22-13)15(17)21;/h3-7,13-14H,8-11H2,1-2H3,(H2,17,21)(H,18,19);1H. The smallest absolute Gasteiger partial charge is 0.246 e. The first-order valence-corrected chi connectivity index (χ1v) is 7.50. The molecule has 0 aliphatic carbocycles. The third-order valence-corrected chi connectivity index (χ3v) is 3.59. The van der Waals surface area contributed by atoms with E-state index in [1.807, 2.05) is 49.3 Å². The number of primary amides is 1. The van der Waals surface area contributed by atoms with Crippen LogP contribution in [0, 0.1) is 0 Å². The minimum absolute atomic E-state index is 0. The summed E-state index contributed by atoms with van der Waals surface area (Å²) in [5.41, 5.74) is 6.42. The first-order valence-electron chi connectivity index (χ1n) is 7.50. The van der Waals surface area contributed by atoms with Crippen LogP contribution in [0.25, 0.3) is 0 Å². The Balaban J connectivity index is 0.00000264. The molecule has 1 heterocycles. The molecule has 1 amide bonds. The van der Waals surface area contributed by atoms with Gasteiger partial charge in [-0.1, -0.05) is 30.3 Å². The fourth-order valence-corrected chi connectivity index (χ4v) is 2.38. The Bertz CT molecular complexity index is 522. The first-order chi connectivity index (χ1) is 10.6. The molecule has 1 aromatic rings. The van der Waals surface area contributed by atoms with Crippen LogP contribution in [0.3, 0.4) is 0 Å². The number of amides is 1. The fraction of sp³-hybridized carbons (Fsp3) is 0.500. The number of carbonyl (C=O) groups is 1. The molecule has 2 unspecified atom stereocenters. The summed E-state index contributed by atoms with van der Waals surface area (Å²) in [6.45, 7) is 1.24. The number of rotatable bonds is 5. The maximum absolute atomic E-state index is 11.1. The number of ether oxygens (including phenoxy) is 1. The number of nitrogens with one attached hydrogen (secondary N) is 1. The molecule has 1 aromatic carbocycles. The Labute approximate surface area is 154 Å². The van der Waals surface area contributed by atoms with Gasteiger partial charge in [0.05, 0.1) is 12.6 Å². The molecule has 3 N–H and O–H groups in total. The molecular formula is C16H25IN4O2. The largest absolute Gasteiger partial charge is 0.367 e. The molecule has 1 aliphatic rings. The van der Waals surface area contributed by atoms with E-state index in [9.17, 15) is 4.79 Å². The summed E-state index contributed by atoms with van der Waals surface area (Å²) in [7, 11) is 3.89. The lowest BCUT2D eigenvalue weighted by Gasteiger charge is -2.20. The predicted molar refractivity (Wildman–Crippen MR) is 102 cm³/mol. The van der Waals surface area contributed by atoms with Crippen molar-refractivity contribution < 1.29 is 9.53 Å². The molecule has 0 radical (unpaired) electrons. The monoisotopic (exact) mass is 432 g/mol. The van der Waals surface area contributed by atoms with Crippen molar-refractivity contribution >= 4 is 35.8 Å². The van der Waals surface area contributed by atoms with Crippen molar-refractivity contribution in [2.75, 3.05) is 20.6 Å². The lowest BCUT2D eigenvalue weighted by molar-refractivity contribution is -0.128. The zero-order chi connectivity index (χ0) is 15.9. The number of nitrogens with two attached hydrogens (primary N) is 1. The molecule has 1 fully saturated rings. The molecule has 23 heavy (non-hydrogen) atoms. The van der Waals surface area contributed by atoms with Gasteiger partial charge in [-0.25, -0.2) is 4.99 Å². The van der Waals surface area contributed by atoms with Gasteiger partial charge in [0.15, 0.2) is 5.96 Å². The zero-order valence-corrected chi connectivity index (χ0v) is 15.9. The second-order valence-electron chi connectivity index (χ2n) is 5.63. The van der Waals surface area contributed by atoms with E-state index < -0.39 is 6.10 Å². The van der Waals surface area contributed by atoms with Crippen molar-refractivity contribution in [3.05, 3.63) is 35.9 Å². The normalized spacial score (nSPS) is 20.7. The van der Waals surface area contributed by atoms with Crippen LogP contribution in [-0.2, 0) is 16.1 Å². The lowest BCUT2D eigenvalue weighted by atomic mass is 10.2. The van der Waals surface area contributed by atoms with E-state index in [4.69, 9.17) is 10.5 Å². The van der Waals surface area contributed by atoms with Crippen molar-refractivity contribution in [2.45, 2.75) is 31.6 Å². The van der Waals surface area contributed by atoms with Crippen molar-refractivity contribution in [1.82, 2.24) is 10.2 Å². The molecule has 0 spiro atoms. The summed E-state index contributed by atoms with van der Waals surface area (Å²) in [5, 5.41) is 3.29. The Morgan fingerprint density at radius 3 is 2.61 bits per heavy atom. The number of nitrogens with zero attached hydrogens (tertiary/aromatic N) is 2. The third kappa shape index (κ3) is 6.34. The molecule has 7 heteroatoms. The number of halogens is 1. The second-order valence-corrected chi connectivity index (χ2v) is 5.63. The molecule has 0 saturated carbocycles. The quantitative estimate of drug-likeness (QED) is 0.418. The van der Waals surface area contributed by atoms with Gasteiger partial charge >= 0.3 is 0 Å². The highest BCUT2D eigenvalue weighted by molar-refractivity contribution is 14.0. The molecule has 6 nitrogen and oxygen atoms in total. The highest BCUT2D eigenvalue weighted by Crippen LogP contribution is 2.18. The first kappa shape index (κ1) is 19.7. The number of hydrogen-bond donors (Lipinski definition) is 2. The van der Waals surface area contributed by atoms with Crippen molar-refractivity contribution in [3.8, 4) is 0 Å². The average molecular weight is 432 g/mol. The summed E-state index contributed by atoms with van der Waals surface area (Å²) in [4.78, 5) is 17.6. The predicted octanol–water partition coefficient (Wildman–Crippen LogP) is 1.34. The minimum atomic E-state index is -0.448. The lowest BCUT2D eigenvalue weighted by Crippen LogP contribution is -2.41. The third-order valence-electron chi connectivity index (χ3n) is 3.59. The highest BCUT2D eigenvalue weighted by Gasteiger charge is 2.29.